The van der Waals surface area contributed by atoms with E-state index in [1.165, 1.54) is 0 Å². The van der Waals surface area contributed by atoms with E-state index in [4.69, 9.17) is 4.42 Å². The van der Waals surface area contributed by atoms with Gasteiger partial charge in [-0.15, -0.1) is 0 Å². The number of carbonyl (C=O) groups is 3. The molecule has 0 saturated carbocycles. The van der Waals surface area contributed by atoms with Gasteiger partial charge in [-0.25, -0.2) is 9.59 Å². The lowest BCUT2D eigenvalue weighted by Gasteiger charge is -2.04. The van der Waals surface area contributed by atoms with Gasteiger partial charge in [0, 0.05) is 0 Å². The Kier molecular flexibility index (Phi) is 4.70. The lowest BCUT2D eigenvalue weighted by Crippen LogP contribution is -2.24. The van der Waals surface area contributed by atoms with Crippen LogP contribution in [-0.4, -0.2) is 31.9 Å². The zero-order valence-electron chi connectivity index (χ0n) is 12.3. The monoisotopic (exact) mass is 316 g/mol. The van der Waals surface area contributed by atoms with Crippen LogP contribution in [0.25, 0.3) is 17.0 Å². The van der Waals surface area contributed by atoms with Crippen LogP contribution < -0.4 is 5.43 Å². The SMILES string of the molecule is COC(=O)C(=O)/C(=C/c1coc2ccccc2c1=O)C(=O)OC. The minimum Gasteiger partial charge on any atom is -0.465 e. The summed E-state index contributed by atoms with van der Waals surface area (Å²) in [6, 6.07) is 6.48. The van der Waals surface area contributed by atoms with Crippen molar-refractivity contribution in [3.8, 4) is 0 Å². The number of ether oxygens (including phenoxy) is 2. The predicted molar refractivity (Wildman–Crippen MR) is 79.5 cm³/mol. The van der Waals surface area contributed by atoms with Crippen LogP contribution in [0.5, 0.6) is 0 Å². The average Bonchev–Trinajstić information content (AvgIpc) is 2.59. The van der Waals surface area contributed by atoms with Crippen LogP contribution in [0, 0.1) is 0 Å². The summed E-state index contributed by atoms with van der Waals surface area (Å²) in [7, 11) is 2.04. The van der Waals surface area contributed by atoms with E-state index >= 15 is 0 Å². The maximum absolute atomic E-state index is 12.4. The van der Waals surface area contributed by atoms with Crippen molar-refractivity contribution in [2.75, 3.05) is 14.2 Å². The molecule has 0 aliphatic heterocycles. The Morgan fingerprint density at radius 2 is 1.70 bits per heavy atom. The number of fused-ring (bicyclic) bond motifs is 1. The average molecular weight is 316 g/mol. The van der Waals surface area contributed by atoms with Crippen molar-refractivity contribution in [1.29, 1.82) is 0 Å². The lowest BCUT2D eigenvalue weighted by atomic mass is 10.1. The molecule has 0 saturated heterocycles. The third-order valence-electron chi connectivity index (χ3n) is 3.03. The van der Waals surface area contributed by atoms with Gasteiger partial charge in [0.1, 0.15) is 17.4 Å². The summed E-state index contributed by atoms with van der Waals surface area (Å²) in [4.78, 5) is 47.3. The summed E-state index contributed by atoms with van der Waals surface area (Å²) < 4.78 is 14.0. The Morgan fingerprint density at radius 3 is 2.35 bits per heavy atom. The second kappa shape index (κ2) is 6.69. The lowest BCUT2D eigenvalue weighted by molar-refractivity contribution is -0.151. The molecule has 0 radical (unpaired) electrons. The fourth-order valence-corrected chi connectivity index (χ4v) is 1.88. The van der Waals surface area contributed by atoms with E-state index in [-0.39, 0.29) is 10.9 Å². The van der Waals surface area contributed by atoms with Crippen LogP contribution in [0.15, 0.2) is 45.3 Å². The van der Waals surface area contributed by atoms with Crippen molar-refractivity contribution in [3.05, 3.63) is 51.9 Å². The summed E-state index contributed by atoms with van der Waals surface area (Å²) in [5, 5.41) is 0.274. The molecule has 0 bridgehead atoms. The molecule has 23 heavy (non-hydrogen) atoms. The molecule has 0 fully saturated rings. The minimum absolute atomic E-state index is 0.0682. The van der Waals surface area contributed by atoms with E-state index in [0.717, 1.165) is 26.6 Å². The van der Waals surface area contributed by atoms with Gasteiger partial charge < -0.3 is 13.9 Å². The molecule has 0 amide bonds. The second-order valence-electron chi connectivity index (χ2n) is 4.39. The molecule has 0 N–H and O–H groups in total. The van der Waals surface area contributed by atoms with Gasteiger partial charge in [0.05, 0.1) is 25.2 Å². The Labute approximate surface area is 130 Å². The third-order valence-corrected chi connectivity index (χ3v) is 3.03. The number of hydrogen-bond donors (Lipinski definition) is 0. The van der Waals surface area contributed by atoms with Crippen LogP contribution in [0.3, 0.4) is 0 Å². The molecule has 7 nitrogen and oxygen atoms in total. The number of hydrogen-bond acceptors (Lipinski definition) is 7. The molecule has 0 unspecified atom stereocenters. The standard InChI is InChI=1S/C16H12O7/c1-21-15(19)11(14(18)16(20)22-2)7-9-8-23-12-6-4-3-5-10(12)13(9)17/h3-8H,1-2H3/b11-7-. The molecule has 2 rings (SSSR count). The largest absolute Gasteiger partial charge is 0.465 e. The number of esters is 2. The highest BCUT2D eigenvalue weighted by Crippen LogP contribution is 2.13. The van der Waals surface area contributed by atoms with Gasteiger partial charge in [-0.3, -0.25) is 9.59 Å². The van der Waals surface area contributed by atoms with Crippen molar-refractivity contribution in [1.82, 2.24) is 0 Å². The molecular formula is C16H12O7. The molecule has 0 aliphatic rings. The Bertz CT molecular complexity index is 873. The first-order chi connectivity index (χ1) is 11.0. The predicted octanol–water partition coefficient (Wildman–Crippen LogP) is 1.09. The van der Waals surface area contributed by atoms with Crippen molar-refractivity contribution < 1.29 is 28.3 Å². The van der Waals surface area contributed by atoms with Crippen molar-refractivity contribution in [2.24, 2.45) is 0 Å². The summed E-state index contributed by atoms with van der Waals surface area (Å²) >= 11 is 0. The van der Waals surface area contributed by atoms with E-state index in [9.17, 15) is 19.2 Å². The highest BCUT2D eigenvalue weighted by atomic mass is 16.5. The first-order valence-corrected chi connectivity index (χ1v) is 6.42. The maximum atomic E-state index is 12.4. The summed E-state index contributed by atoms with van der Waals surface area (Å²) in [6.07, 6.45) is 2.04. The molecular weight excluding hydrogens is 304 g/mol. The number of methoxy groups -OCH3 is 2. The molecule has 2 aromatic rings. The van der Waals surface area contributed by atoms with Gasteiger partial charge in [-0.05, 0) is 18.2 Å². The molecule has 0 atom stereocenters. The maximum Gasteiger partial charge on any atom is 0.379 e. The first-order valence-electron chi connectivity index (χ1n) is 6.42. The number of carbonyl (C=O) groups excluding carboxylic acids is 3. The molecule has 7 heteroatoms. The summed E-state index contributed by atoms with van der Waals surface area (Å²) in [5.74, 6) is -3.52. The third kappa shape index (κ3) is 3.18. The van der Waals surface area contributed by atoms with Crippen molar-refractivity contribution in [3.63, 3.8) is 0 Å². The molecule has 118 valence electrons. The van der Waals surface area contributed by atoms with Crippen LogP contribution in [-0.2, 0) is 23.9 Å². The van der Waals surface area contributed by atoms with Crippen LogP contribution in [0.4, 0.5) is 0 Å². The van der Waals surface area contributed by atoms with Crippen LogP contribution >= 0.6 is 0 Å². The Morgan fingerprint density at radius 1 is 1.04 bits per heavy atom. The van der Waals surface area contributed by atoms with E-state index in [1.54, 1.807) is 24.3 Å². The first kappa shape index (κ1) is 16.2. The Hall–Kier alpha value is -3.22. The van der Waals surface area contributed by atoms with Gasteiger partial charge in [-0.2, -0.15) is 0 Å². The topological polar surface area (TPSA) is 99.9 Å². The smallest absolute Gasteiger partial charge is 0.379 e. The molecule has 1 aromatic carbocycles. The second-order valence-corrected chi connectivity index (χ2v) is 4.39. The zero-order valence-corrected chi connectivity index (χ0v) is 12.3. The highest BCUT2D eigenvalue weighted by molar-refractivity contribution is 6.47. The van der Waals surface area contributed by atoms with Gasteiger partial charge in [0.2, 0.25) is 0 Å². The van der Waals surface area contributed by atoms with Gasteiger partial charge in [-0.1, -0.05) is 12.1 Å². The van der Waals surface area contributed by atoms with Crippen LogP contribution in [0.1, 0.15) is 5.56 Å². The van der Waals surface area contributed by atoms with Crippen LogP contribution in [0.2, 0.25) is 0 Å². The normalized spacial score (nSPS) is 11.1. The zero-order chi connectivity index (χ0) is 17.0. The molecule has 1 aromatic heterocycles. The van der Waals surface area contributed by atoms with E-state index in [1.807, 2.05) is 0 Å². The van der Waals surface area contributed by atoms with Crippen molar-refractivity contribution in [2.45, 2.75) is 0 Å². The van der Waals surface area contributed by atoms with Gasteiger partial charge in [0.25, 0.3) is 5.78 Å². The number of Topliss-reactive ketones (excluding diaryl/α,β-unsaturated/α-hetero) is 1. The van der Waals surface area contributed by atoms with Gasteiger partial charge in [0.15, 0.2) is 5.43 Å². The van der Waals surface area contributed by atoms with E-state index < -0.39 is 28.7 Å². The molecule has 1 heterocycles. The molecule has 0 spiro atoms. The number of ketones is 1. The van der Waals surface area contributed by atoms with E-state index in [2.05, 4.69) is 9.47 Å². The number of benzene rings is 1. The Balaban J connectivity index is 2.61. The number of para-hydroxylation sites is 1. The number of rotatable bonds is 4. The van der Waals surface area contributed by atoms with Crippen molar-refractivity contribution >= 4 is 34.8 Å². The fraction of sp³-hybridized carbons (Fsp3) is 0.125. The van der Waals surface area contributed by atoms with E-state index in [0.29, 0.717) is 5.58 Å². The minimum atomic E-state index is -1.24. The fourth-order valence-electron chi connectivity index (χ4n) is 1.88. The summed E-state index contributed by atoms with van der Waals surface area (Å²) in [6.45, 7) is 0. The van der Waals surface area contributed by atoms with Gasteiger partial charge >= 0.3 is 11.9 Å². The summed E-state index contributed by atoms with van der Waals surface area (Å²) in [5.41, 5.74) is -0.789. The quantitative estimate of drug-likeness (QED) is 0.274. The highest BCUT2D eigenvalue weighted by Gasteiger charge is 2.27. The molecule has 0 aliphatic carbocycles.